The van der Waals surface area contributed by atoms with Crippen molar-refractivity contribution in [2.45, 2.75) is 37.8 Å². The molecule has 4 atom stereocenters. The molecule has 2 aromatic rings. The zero-order chi connectivity index (χ0) is 17.3. The number of nitrogens with one attached hydrogen (secondary N) is 2. The van der Waals surface area contributed by atoms with Crippen LogP contribution < -0.4 is 10.6 Å². The van der Waals surface area contributed by atoms with Gasteiger partial charge in [-0.05, 0) is 24.6 Å². The maximum absolute atomic E-state index is 13.1. The van der Waals surface area contributed by atoms with E-state index in [9.17, 15) is 9.59 Å². The summed E-state index contributed by atoms with van der Waals surface area (Å²) in [5.41, 5.74) is 0.628. The second-order valence-electron chi connectivity index (χ2n) is 6.88. The Morgan fingerprint density at radius 3 is 2.69 bits per heavy atom. The summed E-state index contributed by atoms with van der Waals surface area (Å²) in [6.45, 7) is 0. The summed E-state index contributed by atoms with van der Waals surface area (Å²) in [6, 6.07) is 7.33. The van der Waals surface area contributed by atoms with Gasteiger partial charge in [0.1, 0.15) is 11.3 Å². The summed E-state index contributed by atoms with van der Waals surface area (Å²) in [7, 11) is 0. The number of thiophene rings is 1. The molecule has 0 unspecified atom stereocenters. The second-order valence-corrected chi connectivity index (χ2v) is 8.69. The van der Waals surface area contributed by atoms with E-state index in [0.29, 0.717) is 22.2 Å². The molecule has 1 saturated heterocycles. The van der Waals surface area contributed by atoms with E-state index in [2.05, 4.69) is 10.6 Å². The summed E-state index contributed by atoms with van der Waals surface area (Å²) in [5.74, 6) is -0.366. The Hall–Kier alpha value is -1.40. The Labute approximate surface area is 165 Å². The lowest BCUT2D eigenvalue weighted by atomic mass is 9.74. The van der Waals surface area contributed by atoms with Gasteiger partial charge in [-0.3, -0.25) is 14.9 Å². The SMILES string of the molecule is C.O=C1CC[C@@H]2N[C@@]3(C(=O)Nc4cc(Cl)ccc43)[C@@H](c3cc(Cl)cs3)[C@H]12. The fourth-order valence-electron chi connectivity index (χ4n) is 4.74. The summed E-state index contributed by atoms with van der Waals surface area (Å²) < 4.78 is 0. The van der Waals surface area contributed by atoms with Gasteiger partial charge in [0.2, 0.25) is 5.91 Å². The van der Waals surface area contributed by atoms with Crippen molar-refractivity contribution in [3.8, 4) is 0 Å². The number of carbonyl (C=O) groups is 2. The van der Waals surface area contributed by atoms with E-state index in [4.69, 9.17) is 23.2 Å². The van der Waals surface area contributed by atoms with E-state index in [-0.39, 0.29) is 37.0 Å². The number of ketones is 1. The molecule has 1 amide bonds. The topological polar surface area (TPSA) is 58.2 Å². The quantitative estimate of drug-likeness (QED) is 0.725. The average Bonchev–Trinajstić information content (AvgIpc) is 3.28. The third-order valence-corrected chi connectivity index (χ3v) is 7.25. The van der Waals surface area contributed by atoms with Crippen LogP contribution in [0.25, 0.3) is 0 Å². The molecule has 1 spiro atoms. The molecule has 4 nitrogen and oxygen atoms in total. The minimum absolute atomic E-state index is 0. The number of anilines is 1. The molecule has 2 fully saturated rings. The van der Waals surface area contributed by atoms with Gasteiger partial charge in [-0.1, -0.05) is 36.7 Å². The maximum atomic E-state index is 13.1. The first-order valence-corrected chi connectivity index (χ1v) is 9.80. The van der Waals surface area contributed by atoms with Gasteiger partial charge in [0.05, 0.1) is 5.02 Å². The molecule has 1 aromatic carbocycles. The van der Waals surface area contributed by atoms with Crippen molar-refractivity contribution in [2.24, 2.45) is 5.92 Å². The number of rotatable bonds is 1. The molecular weight excluding hydrogens is 391 g/mol. The van der Waals surface area contributed by atoms with Gasteiger partial charge in [-0.15, -0.1) is 11.3 Å². The molecule has 3 aliphatic rings. The number of benzene rings is 1. The Bertz CT molecular complexity index is 928. The standard InChI is InChI=1S/C18H14Cl2N2O2S.CH4/c19-8-1-2-10-12(5-8)21-17(24)18(10)16(14-6-9(20)7-25-14)15-11(22-18)3-4-13(15)23;/h1-2,5-7,11,15-16,22H,3-4H2,(H,21,24);1H4/t11-,15-,16-,18+;/m0./s1. The molecule has 7 heteroatoms. The highest BCUT2D eigenvalue weighted by atomic mass is 35.5. The van der Waals surface area contributed by atoms with Gasteiger partial charge in [0.25, 0.3) is 0 Å². The van der Waals surface area contributed by atoms with Crippen LogP contribution in [0.5, 0.6) is 0 Å². The molecule has 1 aromatic heterocycles. The highest BCUT2D eigenvalue weighted by Gasteiger charge is 2.65. The predicted molar refractivity (Wildman–Crippen MR) is 105 cm³/mol. The first-order valence-electron chi connectivity index (χ1n) is 8.16. The summed E-state index contributed by atoms with van der Waals surface area (Å²) in [5, 5.41) is 9.55. The molecule has 26 heavy (non-hydrogen) atoms. The monoisotopic (exact) mass is 408 g/mol. The third-order valence-electron chi connectivity index (χ3n) is 5.65. The Morgan fingerprint density at radius 2 is 1.96 bits per heavy atom. The number of hydrogen-bond acceptors (Lipinski definition) is 4. The fraction of sp³-hybridized carbons (Fsp3) is 0.368. The molecule has 0 bridgehead atoms. The lowest BCUT2D eigenvalue weighted by Gasteiger charge is -2.31. The molecule has 2 aliphatic heterocycles. The van der Waals surface area contributed by atoms with Crippen LogP contribution in [0.2, 0.25) is 10.0 Å². The highest BCUT2D eigenvalue weighted by molar-refractivity contribution is 7.10. The van der Waals surface area contributed by atoms with Crippen LogP contribution >= 0.6 is 34.5 Å². The number of carbonyl (C=O) groups excluding carboxylic acids is 2. The normalized spacial score (nSPS) is 31.7. The maximum Gasteiger partial charge on any atom is 0.250 e. The number of fused-ring (bicyclic) bond motifs is 3. The smallest absolute Gasteiger partial charge is 0.250 e. The van der Waals surface area contributed by atoms with Crippen molar-refractivity contribution in [3.63, 3.8) is 0 Å². The van der Waals surface area contributed by atoms with Crippen molar-refractivity contribution >= 4 is 51.9 Å². The van der Waals surface area contributed by atoms with Gasteiger partial charge >= 0.3 is 0 Å². The van der Waals surface area contributed by atoms with Gasteiger partial charge in [-0.2, -0.15) is 0 Å². The van der Waals surface area contributed by atoms with Crippen LogP contribution in [0.4, 0.5) is 5.69 Å². The Morgan fingerprint density at radius 1 is 1.15 bits per heavy atom. The van der Waals surface area contributed by atoms with Crippen LogP contribution in [0.1, 0.15) is 36.6 Å². The van der Waals surface area contributed by atoms with E-state index < -0.39 is 5.54 Å². The zero-order valence-corrected chi connectivity index (χ0v) is 15.3. The summed E-state index contributed by atoms with van der Waals surface area (Å²) in [6.07, 6.45) is 1.32. The van der Waals surface area contributed by atoms with E-state index >= 15 is 0 Å². The Balaban J connectivity index is 0.00000168. The van der Waals surface area contributed by atoms with Crippen LogP contribution in [-0.2, 0) is 15.1 Å². The first kappa shape index (κ1) is 18.0. The molecule has 3 heterocycles. The number of amides is 1. The van der Waals surface area contributed by atoms with Crippen LogP contribution in [0.3, 0.4) is 0 Å². The summed E-state index contributed by atoms with van der Waals surface area (Å²) >= 11 is 13.8. The molecule has 2 N–H and O–H groups in total. The molecule has 1 aliphatic carbocycles. The third kappa shape index (κ3) is 2.24. The fourth-order valence-corrected chi connectivity index (χ4v) is 6.21. The largest absolute Gasteiger partial charge is 0.324 e. The highest BCUT2D eigenvalue weighted by Crippen LogP contribution is 2.57. The number of halogens is 2. The van der Waals surface area contributed by atoms with E-state index in [1.807, 2.05) is 17.5 Å². The van der Waals surface area contributed by atoms with E-state index in [1.54, 1.807) is 12.1 Å². The van der Waals surface area contributed by atoms with Gasteiger partial charge in [-0.25, -0.2) is 0 Å². The van der Waals surface area contributed by atoms with Crippen molar-refractivity contribution in [1.29, 1.82) is 0 Å². The lowest BCUT2D eigenvalue weighted by Crippen LogP contribution is -2.49. The van der Waals surface area contributed by atoms with Crippen LogP contribution in [0, 0.1) is 5.92 Å². The van der Waals surface area contributed by atoms with Crippen molar-refractivity contribution < 1.29 is 9.59 Å². The average molecular weight is 409 g/mol. The zero-order valence-electron chi connectivity index (χ0n) is 13.0. The van der Waals surface area contributed by atoms with Crippen LogP contribution in [-0.4, -0.2) is 17.7 Å². The molecule has 5 rings (SSSR count). The second kappa shape index (κ2) is 6.06. The van der Waals surface area contributed by atoms with Crippen molar-refractivity contribution in [1.82, 2.24) is 5.32 Å². The summed E-state index contributed by atoms with van der Waals surface area (Å²) in [4.78, 5) is 26.7. The van der Waals surface area contributed by atoms with Crippen LogP contribution in [0.15, 0.2) is 29.6 Å². The minimum atomic E-state index is -0.945. The van der Waals surface area contributed by atoms with Gasteiger partial charge in [0.15, 0.2) is 0 Å². The molecular formula is C19H18Cl2N2O2S. The minimum Gasteiger partial charge on any atom is -0.324 e. The molecule has 136 valence electrons. The van der Waals surface area contributed by atoms with Gasteiger partial charge in [0, 0.05) is 50.8 Å². The lowest BCUT2D eigenvalue weighted by molar-refractivity contribution is -0.123. The first-order chi connectivity index (χ1) is 12.0. The Kier molecular flexibility index (Phi) is 4.19. The van der Waals surface area contributed by atoms with Crippen molar-refractivity contribution in [2.75, 3.05) is 5.32 Å². The number of Topliss-reactive ketones (excluding diaryl/α,β-unsaturated/α-hetero) is 1. The van der Waals surface area contributed by atoms with Gasteiger partial charge < -0.3 is 5.32 Å². The molecule has 0 radical (unpaired) electrons. The predicted octanol–water partition coefficient (Wildman–Crippen LogP) is 4.57. The van der Waals surface area contributed by atoms with E-state index in [1.165, 1.54) is 11.3 Å². The molecule has 1 saturated carbocycles. The van der Waals surface area contributed by atoms with Crippen molar-refractivity contribution in [3.05, 3.63) is 50.1 Å². The number of hydrogen-bond donors (Lipinski definition) is 2. The van der Waals surface area contributed by atoms with E-state index in [0.717, 1.165) is 16.9 Å².